The molecule has 0 bridgehead atoms. The number of fused-ring (bicyclic) bond motifs is 1. The Morgan fingerprint density at radius 2 is 1.29 bits per heavy atom. The van der Waals surface area contributed by atoms with E-state index in [-0.39, 0.29) is 0 Å². The molecule has 3 aliphatic carbocycles. The fourth-order valence-electron chi connectivity index (χ4n) is 5.98. The lowest BCUT2D eigenvalue weighted by Gasteiger charge is -2.40. The van der Waals surface area contributed by atoms with Crippen LogP contribution >= 0.6 is 0 Å². The third-order valence-corrected chi connectivity index (χ3v) is 7.23. The monoisotopic (exact) mass is 290 g/mol. The van der Waals surface area contributed by atoms with Gasteiger partial charge in [0, 0.05) is 0 Å². The maximum atomic E-state index is 5.78. The summed E-state index contributed by atoms with van der Waals surface area (Å²) < 4.78 is 5.78. The van der Waals surface area contributed by atoms with E-state index in [4.69, 9.17) is 4.74 Å². The van der Waals surface area contributed by atoms with Gasteiger partial charge in [-0.15, -0.1) is 0 Å². The van der Waals surface area contributed by atoms with Crippen LogP contribution in [0, 0.1) is 23.7 Å². The Balaban J connectivity index is 1.40. The lowest BCUT2D eigenvalue weighted by molar-refractivity contribution is 0.110. The summed E-state index contributed by atoms with van der Waals surface area (Å²) in [7, 11) is 0. The summed E-state index contributed by atoms with van der Waals surface area (Å²) in [5, 5.41) is 0. The molecule has 4 aliphatic rings. The van der Waals surface area contributed by atoms with Crippen LogP contribution in [0.3, 0.4) is 0 Å². The van der Waals surface area contributed by atoms with Gasteiger partial charge < -0.3 is 4.74 Å². The molecule has 21 heavy (non-hydrogen) atoms. The third-order valence-electron chi connectivity index (χ3n) is 7.23. The van der Waals surface area contributed by atoms with Gasteiger partial charge >= 0.3 is 0 Å². The van der Waals surface area contributed by atoms with E-state index in [9.17, 15) is 0 Å². The molecule has 0 aromatic carbocycles. The van der Waals surface area contributed by atoms with E-state index in [2.05, 4.69) is 0 Å². The molecule has 1 heterocycles. The average Bonchev–Trinajstić information content (AvgIpc) is 3.33. The fraction of sp³-hybridized carbons (Fsp3) is 1.00. The number of ether oxygens (including phenoxy) is 1. The highest BCUT2D eigenvalue weighted by Crippen LogP contribution is 2.47. The van der Waals surface area contributed by atoms with E-state index in [1.165, 1.54) is 57.8 Å². The highest BCUT2D eigenvalue weighted by molar-refractivity contribution is 4.93. The minimum atomic E-state index is 0.683. The number of epoxide rings is 1. The lowest BCUT2D eigenvalue weighted by atomic mass is 9.65. The van der Waals surface area contributed by atoms with Gasteiger partial charge in [0.15, 0.2) is 0 Å². The number of rotatable bonds is 4. The van der Waals surface area contributed by atoms with Crippen molar-refractivity contribution in [3.63, 3.8) is 0 Å². The van der Waals surface area contributed by atoms with Crippen molar-refractivity contribution in [2.45, 2.75) is 102 Å². The topological polar surface area (TPSA) is 12.5 Å². The Hall–Kier alpha value is -0.0400. The highest BCUT2D eigenvalue weighted by Gasteiger charge is 2.45. The van der Waals surface area contributed by atoms with Crippen LogP contribution in [0.2, 0.25) is 0 Å². The van der Waals surface area contributed by atoms with Crippen LogP contribution < -0.4 is 0 Å². The first-order valence-electron chi connectivity index (χ1n) is 10.1. The van der Waals surface area contributed by atoms with Crippen LogP contribution in [-0.2, 0) is 4.74 Å². The van der Waals surface area contributed by atoms with Crippen LogP contribution in [0.1, 0.15) is 89.9 Å². The molecular weight excluding hydrogens is 256 g/mol. The molecule has 1 aliphatic heterocycles. The zero-order valence-electron chi connectivity index (χ0n) is 13.8. The van der Waals surface area contributed by atoms with Crippen molar-refractivity contribution in [3.05, 3.63) is 0 Å². The van der Waals surface area contributed by atoms with Gasteiger partial charge in [0.05, 0.1) is 12.2 Å². The van der Waals surface area contributed by atoms with Crippen LogP contribution in [0.4, 0.5) is 0 Å². The summed E-state index contributed by atoms with van der Waals surface area (Å²) in [6.45, 7) is 0. The minimum absolute atomic E-state index is 0.683. The number of hydrogen-bond acceptors (Lipinski definition) is 1. The normalized spacial score (nSPS) is 38.4. The molecule has 0 N–H and O–H groups in total. The molecule has 4 fully saturated rings. The Kier molecular flexibility index (Phi) is 4.57. The largest absolute Gasteiger partial charge is 0.370 e. The Bertz CT molecular complexity index is 309. The van der Waals surface area contributed by atoms with E-state index >= 15 is 0 Å². The molecule has 3 atom stereocenters. The number of hydrogen-bond donors (Lipinski definition) is 0. The van der Waals surface area contributed by atoms with Crippen LogP contribution in [-0.4, -0.2) is 12.2 Å². The Labute approximate surface area is 131 Å². The summed E-state index contributed by atoms with van der Waals surface area (Å²) >= 11 is 0. The first-order valence-corrected chi connectivity index (χ1v) is 10.1. The van der Waals surface area contributed by atoms with Crippen molar-refractivity contribution < 1.29 is 4.74 Å². The average molecular weight is 290 g/mol. The molecule has 3 saturated carbocycles. The van der Waals surface area contributed by atoms with Crippen molar-refractivity contribution in [2.75, 3.05) is 0 Å². The molecule has 0 spiro atoms. The molecular formula is C20H34O. The Morgan fingerprint density at radius 1 is 0.667 bits per heavy atom. The first kappa shape index (κ1) is 14.5. The molecule has 120 valence electrons. The van der Waals surface area contributed by atoms with Gasteiger partial charge in [-0.1, -0.05) is 64.2 Å². The summed E-state index contributed by atoms with van der Waals surface area (Å²) in [5.74, 6) is 4.24. The van der Waals surface area contributed by atoms with Gasteiger partial charge in [0.25, 0.3) is 0 Å². The van der Waals surface area contributed by atoms with E-state index in [1.807, 2.05) is 0 Å². The van der Waals surface area contributed by atoms with Crippen molar-refractivity contribution in [1.29, 1.82) is 0 Å². The molecule has 4 rings (SSSR count). The third kappa shape index (κ3) is 3.49. The van der Waals surface area contributed by atoms with Crippen molar-refractivity contribution >= 4 is 0 Å². The molecule has 0 aromatic heterocycles. The van der Waals surface area contributed by atoms with Crippen LogP contribution in [0.5, 0.6) is 0 Å². The highest BCUT2D eigenvalue weighted by atomic mass is 16.6. The molecule has 0 amide bonds. The second-order valence-electron chi connectivity index (χ2n) is 8.59. The van der Waals surface area contributed by atoms with Crippen molar-refractivity contribution in [3.8, 4) is 0 Å². The zero-order valence-corrected chi connectivity index (χ0v) is 13.8. The summed E-state index contributed by atoms with van der Waals surface area (Å²) in [6.07, 6.45) is 22.5. The minimum Gasteiger partial charge on any atom is -0.370 e. The summed E-state index contributed by atoms with van der Waals surface area (Å²) in [5.41, 5.74) is 0. The van der Waals surface area contributed by atoms with Gasteiger partial charge in [0.1, 0.15) is 0 Å². The van der Waals surface area contributed by atoms with Crippen molar-refractivity contribution in [1.82, 2.24) is 0 Å². The van der Waals surface area contributed by atoms with Gasteiger partial charge in [0.2, 0.25) is 0 Å². The second kappa shape index (κ2) is 6.60. The molecule has 1 nitrogen and oxygen atoms in total. The second-order valence-corrected chi connectivity index (χ2v) is 8.59. The van der Waals surface area contributed by atoms with Gasteiger partial charge in [-0.05, 0) is 49.4 Å². The van der Waals surface area contributed by atoms with Gasteiger partial charge in [-0.2, -0.15) is 0 Å². The first-order chi connectivity index (χ1) is 10.4. The molecule has 3 unspecified atom stereocenters. The van der Waals surface area contributed by atoms with Gasteiger partial charge in [-0.25, -0.2) is 0 Å². The SMILES string of the molecule is C1CCC(C(CC2CCC3OC3C2)C2CCCCC2)CC1. The predicted octanol–water partition coefficient (Wildman–Crippen LogP) is 5.72. The molecule has 0 aromatic rings. The quantitative estimate of drug-likeness (QED) is 0.603. The van der Waals surface area contributed by atoms with Gasteiger partial charge in [-0.3, -0.25) is 0 Å². The van der Waals surface area contributed by atoms with Crippen molar-refractivity contribution in [2.24, 2.45) is 23.7 Å². The fourth-order valence-corrected chi connectivity index (χ4v) is 5.98. The van der Waals surface area contributed by atoms with E-state index in [0.29, 0.717) is 12.2 Å². The predicted molar refractivity (Wildman–Crippen MR) is 87.3 cm³/mol. The van der Waals surface area contributed by atoms with E-state index in [0.717, 1.165) is 23.7 Å². The van der Waals surface area contributed by atoms with Crippen LogP contribution in [0.25, 0.3) is 0 Å². The smallest absolute Gasteiger partial charge is 0.0844 e. The summed E-state index contributed by atoms with van der Waals surface area (Å²) in [4.78, 5) is 0. The maximum Gasteiger partial charge on any atom is 0.0844 e. The zero-order chi connectivity index (χ0) is 14.1. The molecule has 0 radical (unpaired) electrons. The molecule has 1 saturated heterocycles. The van der Waals surface area contributed by atoms with E-state index in [1.54, 1.807) is 32.1 Å². The lowest BCUT2D eigenvalue weighted by Crippen LogP contribution is -2.30. The summed E-state index contributed by atoms with van der Waals surface area (Å²) in [6, 6.07) is 0. The molecule has 1 heteroatoms. The maximum absolute atomic E-state index is 5.78. The standard InChI is InChI=1S/C20H34O/c1-3-7-16(8-4-1)18(17-9-5-2-6-10-17)13-15-11-12-19-20(14-15)21-19/h15-20H,1-14H2. The Morgan fingerprint density at radius 3 is 1.86 bits per heavy atom. The van der Waals surface area contributed by atoms with E-state index < -0.39 is 0 Å². The van der Waals surface area contributed by atoms with Crippen LogP contribution in [0.15, 0.2) is 0 Å².